The number of hydrogen-bond acceptors (Lipinski definition) is 4. The molecule has 2 atom stereocenters. The van der Waals surface area contributed by atoms with Gasteiger partial charge >= 0.3 is 0 Å². The van der Waals surface area contributed by atoms with Crippen molar-refractivity contribution in [3.05, 3.63) is 35.4 Å². The molecule has 1 aliphatic rings. The van der Waals surface area contributed by atoms with E-state index in [9.17, 15) is 8.42 Å². The summed E-state index contributed by atoms with van der Waals surface area (Å²) < 4.78 is 23.3. The molecule has 0 bridgehead atoms. The van der Waals surface area contributed by atoms with E-state index >= 15 is 0 Å². The van der Waals surface area contributed by atoms with Gasteiger partial charge < -0.3 is 15.5 Å². The number of rotatable bonds is 6. The molecule has 1 aromatic rings. The van der Waals surface area contributed by atoms with Crippen LogP contribution in [0.5, 0.6) is 0 Å². The molecule has 1 heterocycles. The minimum absolute atomic E-state index is 0.0556. The maximum atomic E-state index is 11.6. The molecule has 0 spiro atoms. The molecule has 0 aliphatic carbocycles. The van der Waals surface area contributed by atoms with E-state index in [4.69, 9.17) is 4.99 Å². The highest BCUT2D eigenvalue weighted by Crippen LogP contribution is 2.19. The average molecular weight is 367 g/mol. The van der Waals surface area contributed by atoms with Crippen molar-refractivity contribution in [3.63, 3.8) is 0 Å². The first kappa shape index (κ1) is 19.7. The van der Waals surface area contributed by atoms with Crippen molar-refractivity contribution in [3.8, 4) is 0 Å². The van der Waals surface area contributed by atoms with Gasteiger partial charge in [-0.2, -0.15) is 0 Å². The summed E-state index contributed by atoms with van der Waals surface area (Å²) in [5, 5.41) is 6.49. The Morgan fingerprint density at radius 2 is 2.00 bits per heavy atom. The van der Waals surface area contributed by atoms with E-state index in [-0.39, 0.29) is 23.6 Å². The monoisotopic (exact) mass is 366 g/mol. The summed E-state index contributed by atoms with van der Waals surface area (Å²) in [6.07, 6.45) is 0.641. The van der Waals surface area contributed by atoms with Crippen LogP contribution in [0.1, 0.15) is 30.5 Å². The second-order valence-corrected chi connectivity index (χ2v) is 9.08. The number of benzene rings is 1. The van der Waals surface area contributed by atoms with E-state index in [1.165, 1.54) is 11.1 Å². The van der Waals surface area contributed by atoms with Gasteiger partial charge in [0.25, 0.3) is 0 Å². The zero-order valence-corrected chi connectivity index (χ0v) is 16.4. The van der Waals surface area contributed by atoms with Crippen LogP contribution in [0, 0.1) is 6.92 Å². The molecule has 25 heavy (non-hydrogen) atoms. The second kappa shape index (κ2) is 8.67. The maximum Gasteiger partial charge on any atom is 0.191 e. The molecule has 1 saturated heterocycles. The molecule has 0 amide bonds. The fourth-order valence-electron chi connectivity index (χ4n) is 2.96. The van der Waals surface area contributed by atoms with E-state index in [0.717, 1.165) is 6.54 Å². The van der Waals surface area contributed by atoms with Crippen LogP contribution in [0.25, 0.3) is 0 Å². The third-order valence-electron chi connectivity index (χ3n) is 4.43. The van der Waals surface area contributed by atoms with E-state index in [0.29, 0.717) is 18.9 Å². The van der Waals surface area contributed by atoms with Crippen LogP contribution in [0.4, 0.5) is 0 Å². The molecular formula is C18H30N4O2S. The molecule has 1 aliphatic heterocycles. The zero-order valence-electron chi connectivity index (χ0n) is 15.6. The number of likely N-dealkylation sites (N-methyl/N-ethyl adjacent to an activating group) is 1. The second-order valence-electron chi connectivity index (χ2n) is 6.85. The topological polar surface area (TPSA) is 73.8 Å². The van der Waals surface area contributed by atoms with Gasteiger partial charge in [0.15, 0.2) is 15.8 Å². The van der Waals surface area contributed by atoms with Crippen molar-refractivity contribution < 1.29 is 8.42 Å². The highest BCUT2D eigenvalue weighted by atomic mass is 32.2. The van der Waals surface area contributed by atoms with Crippen LogP contribution in [-0.4, -0.2) is 64.0 Å². The van der Waals surface area contributed by atoms with Crippen LogP contribution in [0.2, 0.25) is 0 Å². The minimum atomic E-state index is -2.90. The molecule has 7 heteroatoms. The lowest BCUT2D eigenvalue weighted by Crippen LogP contribution is -2.44. The molecule has 2 unspecified atom stereocenters. The van der Waals surface area contributed by atoms with Crippen molar-refractivity contribution in [1.29, 1.82) is 0 Å². The van der Waals surface area contributed by atoms with Gasteiger partial charge in [0.05, 0.1) is 24.1 Å². The number of nitrogens with one attached hydrogen (secondary N) is 2. The highest BCUT2D eigenvalue weighted by Gasteiger charge is 2.28. The Balaban J connectivity index is 2.08. The standard InChI is InChI=1S/C18H30N4O2S/c1-5-19-18(21-16-10-11-25(23,24)13-16)20-12-17(22(3)4)15-8-6-14(2)7-9-15/h6-9,16-17H,5,10-13H2,1-4H3,(H2,19,20,21). The molecule has 6 nitrogen and oxygen atoms in total. The summed E-state index contributed by atoms with van der Waals surface area (Å²) in [6.45, 7) is 5.43. The fourth-order valence-corrected chi connectivity index (χ4v) is 4.63. The van der Waals surface area contributed by atoms with Crippen LogP contribution < -0.4 is 10.6 Å². The van der Waals surface area contributed by atoms with Crippen LogP contribution >= 0.6 is 0 Å². The predicted octanol–water partition coefficient (Wildman–Crippen LogP) is 1.34. The Hall–Kier alpha value is -1.60. The number of sulfone groups is 1. The zero-order chi connectivity index (χ0) is 18.4. The SMILES string of the molecule is CCNC(=NCC(c1ccc(C)cc1)N(C)C)NC1CCS(=O)(=O)C1. The van der Waals surface area contributed by atoms with Gasteiger partial charge in [0.1, 0.15) is 0 Å². The molecule has 2 rings (SSSR count). The predicted molar refractivity (Wildman–Crippen MR) is 104 cm³/mol. The van der Waals surface area contributed by atoms with E-state index in [1.807, 2.05) is 21.0 Å². The molecular weight excluding hydrogens is 336 g/mol. The molecule has 140 valence electrons. The average Bonchev–Trinajstić information content (AvgIpc) is 2.88. The quantitative estimate of drug-likeness (QED) is 0.587. The highest BCUT2D eigenvalue weighted by molar-refractivity contribution is 7.91. The number of nitrogens with zero attached hydrogens (tertiary/aromatic N) is 2. The van der Waals surface area contributed by atoms with Crippen molar-refractivity contribution in [1.82, 2.24) is 15.5 Å². The van der Waals surface area contributed by atoms with Crippen molar-refractivity contribution in [2.75, 3.05) is 38.7 Å². The smallest absolute Gasteiger partial charge is 0.191 e. The van der Waals surface area contributed by atoms with Gasteiger partial charge in [-0.1, -0.05) is 29.8 Å². The number of aliphatic imine (C=N–C) groups is 1. The third kappa shape index (κ3) is 6.01. The first-order valence-corrected chi connectivity index (χ1v) is 10.6. The largest absolute Gasteiger partial charge is 0.357 e. The Morgan fingerprint density at radius 3 is 2.52 bits per heavy atom. The van der Waals surface area contributed by atoms with Gasteiger partial charge in [-0.25, -0.2) is 8.42 Å². The molecule has 2 N–H and O–H groups in total. The third-order valence-corrected chi connectivity index (χ3v) is 6.19. The van der Waals surface area contributed by atoms with E-state index in [2.05, 4.69) is 46.7 Å². The van der Waals surface area contributed by atoms with Crippen molar-refractivity contribution >= 4 is 15.8 Å². The maximum absolute atomic E-state index is 11.6. The van der Waals surface area contributed by atoms with Gasteiger partial charge in [-0.15, -0.1) is 0 Å². The van der Waals surface area contributed by atoms with E-state index < -0.39 is 9.84 Å². The first-order valence-electron chi connectivity index (χ1n) is 8.79. The summed E-state index contributed by atoms with van der Waals surface area (Å²) in [6, 6.07) is 8.62. The lowest BCUT2D eigenvalue weighted by Gasteiger charge is -2.24. The van der Waals surface area contributed by atoms with Crippen LogP contribution in [0.15, 0.2) is 29.3 Å². The molecule has 0 saturated carbocycles. The van der Waals surface area contributed by atoms with Gasteiger partial charge in [0, 0.05) is 12.6 Å². The van der Waals surface area contributed by atoms with E-state index in [1.54, 1.807) is 0 Å². The number of guanidine groups is 1. The lowest BCUT2D eigenvalue weighted by atomic mass is 10.0. The first-order chi connectivity index (χ1) is 11.8. The Kier molecular flexibility index (Phi) is 6.84. The molecule has 1 fully saturated rings. The van der Waals surface area contributed by atoms with Gasteiger partial charge in [-0.05, 0) is 39.9 Å². The number of aryl methyl sites for hydroxylation is 1. The molecule has 1 aromatic carbocycles. The Labute approximate surface area is 151 Å². The fraction of sp³-hybridized carbons (Fsp3) is 0.611. The molecule has 0 aromatic heterocycles. The summed E-state index contributed by atoms with van der Waals surface area (Å²) >= 11 is 0. The summed E-state index contributed by atoms with van der Waals surface area (Å²) in [5.41, 5.74) is 2.46. The van der Waals surface area contributed by atoms with Gasteiger partial charge in [-0.3, -0.25) is 4.99 Å². The number of hydrogen-bond donors (Lipinski definition) is 2. The summed E-state index contributed by atoms with van der Waals surface area (Å²) in [4.78, 5) is 6.85. The minimum Gasteiger partial charge on any atom is -0.357 e. The Morgan fingerprint density at radius 1 is 1.32 bits per heavy atom. The van der Waals surface area contributed by atoms with Crippen LogP contribution in [-0.2, 0) is 9.84 Å². The normalized spacial score (nSPS) is 21.3. The summed E-state index contributed by atoms with van der Waals surface area (Å²) in [5.74, 6) is 1.13. The summed E-state index contributed by atoms with van der Waals surface area (Å²) in [7, 11) is 1.19. The van der Waals surface area contributed by atoms with Crippen LogP contribution in [0.3, 0.4) is 0 Å². The molecule has 0 radical (unpaired) electrons. The van der Waals surface area contributed by atoms with Gasteiger partial charge in [0.2, 0.25) is 0 Å². The van der Waals surface area contributed by atoms with Crippen molar-refractivity contribution in [2.45, 2.75) is 32.4 Å². The lowest BCUT2D eigenvalue weighted by molar-refractivity contribution is 0.306. The Bertz CT molecular complexity index is 684. The van der Waals surface area contributed by atoms with Crippen molar-refractivity contribution in [2.24, 2.45) is 4.99 Å².